The molecule has 2 saturated heterocycles. The number of piperidine rings is 1. The average molecular weight is 387 g/mol. The Morgan fingerprint density at radius 2 is 1.75 bits per heavy atom. The van der Waals surface area contributed by atoms with E-state index in [1.807, 2.05) is 4.90 Å². The second-order valence-electron chi connectivity index (χ2n) is 8.46. The number of likely N-dealkylation sites (tertiary alicyclic amines) is 1. The summed E-state index contributed by atoms with van der Waals surface area (Å²) < 4.78 is 0. The lowest BCUT2D eigenvalue weighted by molar-refractivity contribution is 0.0672. The van der Waals surface area contributed by atoms with Gasteiger partial charge in [-0.3, -0.25) is 4.90 Å². The molecule has 0 spiro atoms. The van der Waals surface area contributed by atoms with E-state index in [0.717, 1.165) is 38.9 Å². The van der Waals surface area contributed by atoms with E-state index in [1.165, 1.54) is 42.9 Å². The highest BCUT2D eigenvalue weighted by molar-refractivity contribution is 5.75. The molecular formula is C23H38N4O. The van der Waals surface area contributed by atoms with Crippen molar-refractivity contribution in [2.75, 3.05) is 45.8 Å². The summed E-state index contributed by atoms with van der Waals surface area (Å²) in [5.41, 5.74) is 3.77. The van der Waals surface area contributed by atoms with Crippen LogP contribution in [-0.2, 0) is 0 Å². The van der Waals surface area contributed by atoms with Crippen molar-refractivity contribution in [3.63, 3.8) is 0 Å². The monoisotopic (exact) mass is 386 g/mol. The Hall–Kier alpha value is -1.59. The van der Waals surface area contributed by atoms with Crippen LogP contribution in [0.4, 0.5) is 4.79 Å². The van der Waals surface area contributed by atoms with Gasteiger partial charge in [-0.25, -0.2) is 4.79 Å². The maximum Gasteiger partial charge on any atom is 0.317 e. The number of hydrogen-bond acceptors (Lipinski definition) is 3. The maximum atomic E-state index is 12.9. The third-order valence-electron chi connectivity index (χ3n) is 6.63. The molecule has 28 heavy (non-hydrogen) atoms. The first-order valence-electron chi connectivity index (χ1n) is 11.1. The van der Waals surface area contributed by atoms with E-state index in [4.69, 9.17) is 0 Å². The minimum Gasteiger partial charge on any atom is -0.331 e. The summed E-state index contributed by atoms with van der Waals surface area (Å²) in [5, 5.41) is 3.29. The number of amides is 2. The van der Waals surface area contributed by atoms with E-state index in [2.05, 4.69) is 61.0 Å². The van der Waals surface area contributed by atoms with Gasteiger partial charge in [0.15, 0.2) is 0 Å². The smallest absolute Gasteiger partial charge is 0.317 e. The van der Waals surface area contributed by atoms with E-state index in [1.54, 1.807) is 0 Å². The molecule has 1 aromatic carbocycles. The molecule has 0 radical (unpaired) electrons. The quantitative estimate of drug-likeness (QED) is 0.841. The molecule has 2 amide bonds. The first kappa shape index (κ1) is 21.1. The number of rotatable bonds is 5. The van der Waals surface area contributed by atoms with Crippen LogP contribution in [0.25, 0.3) is 0 Å². The van der Waals surface area contributed by atoms with Gasteiger partial charge in [0.25, 0.3) is 0 Å². The molecule has 2 fully saturated rings. The molecule has 2 heterocycles. The number of urea groups is 1. The summed E-state index contributed by atoms with van der Waals surface area (Å²) in [6.45, 7) is 16.3. The van der Waals surface area contributed by atoms with Crippen LogP contribution in [0.2, 0.25) is 0 Å². The fourth-order valence-corrected chi connectivity index (χ4v) is 4.74. The molecule has 1 aromatic rings. The second kappa shape index (κ2) is 9.75. The Labute approximate surface area is 171 Å². The molecular weight excluding hydrogens is 348 g/mol. The topological polar surface area (TPSA) is 38.8 Å². The van der Waals surface area contributed by atoms with Gasteiger partial charge in [0.05, 0.1) is 6.04 Å². The van der Waals surface area contributed by atoms with Crippen molar-refractivity contribution in [1.82, 2.24) is 20.0 Å². The van der Waals surface area contributed by atoms with Gasteiger partial charge >= 0.3 is 6.03 Å². The van der Waals surface area contributed by atoms with Gasteiger partial charge in [-0.2, -0.15) is 0 Å². The van der Waals surface area contributed by atoms with Crippen molar-refractivity contribution in [2.24, 2.45) is 0 Å². The Bertz CT molecular complexity index is 646. The predicted molar refractivity (Wildman–Crippen MR) is 116 cm³/mol. The number of carbonyl (C=O) groups is 1. The molecule has 0 aliphatic carbocycles. The minimum absolute atomic E-state index is 0.0907. The molecule has 2 aliphatic rings. The normalized spacial score (nSPS) is 20.9. The second-order valence-corrected chi connectivity index (χ2v) is 8.46. The maximum absolute atomic E-state index is 12.9. The summed E-state index contributed by atoms with van der Waals surface area (Å²) >= 11 is 0. The number of likely N-dealkylation sites (N-methyl/N-ethyl adjacent to an activating group) is 1. The zero-order valence-corrected chi connectivity index (χ0v) is 18.2. The molecule has 0 bridgehead atoms. The van der Waals surface area contributed by atoms with Crippen LogP contribution < -0.4 is 5.32 Å². The standard InChI is InChI=1S/C23H38N4O/c1-5-22(21-8-7-18(3)17-19(21)4)24-23(28)27-11-9-20(10-12-27)26-15-13-25(6-2)14-16-26/h7-8,17,20,22H,5-6,9-16H2,1-4H3,(H,24,28)/t22-/m0/s1. The van der Waals surface area contributed by atoms with Gasteiger partial charge in [0, 0.05) is 45.3 Å². The lowest BCUT2D eigenvalue weighted by atomic mass is 9.97. The van der Waals surface area contributed by atoms with Gasteiger partial charge in [-0.1, -0.05) is 37.6 Å². The van der Waals surface area contributed by atoms with Crippen LogP contribution in [0.3, 0.4) is 0 Å². The van der Waals surface area contributed by atoms with Crippen LogP contribution >= 0.6 is 0 Å². The first-order chi connectivity index (χ1) is 13.5. The third-order valence-corrected chi connectivity index (χ3v) is 6.63. The third kappa shape index (κ3) is 5.06. The number of nitrogens with zero attached hydrogens (tertiary/aromatic N) is 3. The van der Waals surface area contributed by atoms with Gasteiger partial charge in [0.2, 0.25) is 0 Å². The first-order valence-corrected chi connectivity index (χ1v) is 11.1. The van der Waals surface area contributed by atoms with Crippen molar-refractivity contribution < 1.29 is 4.79 Å². The van der Waals surface area contributed by atoms with Crippen molar-refractivity contribution in [1.29, 1.82) is 0 Å². The number of piperazine rings is 1. The molecule has 5 heteroatoms. The number of nitrogens with one attached hydrogen (secondary N) is 1. The van der Waals surface area contributed by atoms with Crippen molar-refractivity contribution in [3.8, 4) is 0 Å². The van der Waals surface area contributed by atoms with E-state index in [0.29, 0.717) is 6.04 Å². The average Bonchev–Trinajstić information content (AvgIpc) is 2.72. The molecule has 0 aromatic heterocycles. The van der Waals surface area contributed by atoms with E-state index < -0.39 is 0 Å². The van der Waals surface area contributed by atoms with Crippen LogP contribution in [0.5, 0.6) is 0 Å². The zero-order valence-electron chi connectivity index (χ0n) is 18.2. The van der Waals surface area contributed by atoms with E-state index in [-0.39, 0.29) is 12.1 Å². The number of carbonyl (C=O) groups excluding carboxylic acids is 1. The molecule has 3 rings (SSSR count). The van der Waals surface area contributed by atoms with Crippen LogP contribution in [0.1, 0.15) is 55.8 Å². The molecule has 1 atom stereocenters. The Morgan fingerprint density at radius 1 is 1.07 bits per heavy atom. The van der Waals surface area contributed by atoms with Gasteiger partial charge in [0.1, 0.15) is 0 Å². The number of aryl methyl sites for hydroxylation is 2. The highest BCUT2D eigenvalue weighted by atomic mass is 16.2. The lowest BCUT2D eigenvalue weighted by Gasteiger charge is -2.42. The predicted octanol–water partition coefficient (Wildman–Crippen LogP) is 3.57. The molecule has 2 aliphatic heterocycles. The van der Waals surface area contributed by atoms with E-state index in [9.17, 15) is 4.79 Å². The van der Waals surface area contributed by atoms with Crippen molar-refractivity contribution >= 4 is 6.03 Å². The summed E-state index contributed by atoms with van der Waals surface area (Å²) in [4.78, 5) is 20.1. The Kier molecular flexibility index (Phi) is 7.36. The van der Waals surface area contributed by atoms with Crippen LogP contribution in [-0.4, -0.2) is 72.6 Å². The molecule has 1 N–H and O–H groups in total. The minimum atomic E-state index is 0.0907. The summed E-state index contributed by atoms with van der Waals surface area (Å²) in [7, 11) is 0. The zero-order chi connectivity index (χ0) is 20.1. The summed E-state index contributed by atoms with van der Waals surface area (Å²) in [6.07, 6.45) is 3.10. The summed E-state index contributed by atoms with van der Waals surface area (Å²) in [5.74, 6) is 0. The van der Waals surface area contributed by atoms with Crippen LogP contribution in [0, 0.1) is 13.8 Å². The highest BCUT2D eigenvalue weighted by Gasteiger charge is 2.29. The summed E-state index contributed by atoms with van der Waals surface area (Å²) in [6, 6.07) is 7.34. The van der Waals surface area contributed by atoms with Gasteiger partial charge in [-0.05, 0) is 50.8 Å². The number of benzene rings is 1. The molecule has 156 valence electrons. The number of hydrogen-bond donors (Lipinski definition) is 1. The Balaban J connectivity index is 1.50. The van der Waals surface area contributed by atoms with E-state index >= 15 is 0 Å². The largest absolute Gasteiger partial charge is 0.331 e. The molecule has 0 saturated carbocycles. The lowest BCUT2D eigenvalue weighted by Crippen LogP contribution is -2.54. The van der Waals surface area contributed by atoms with Gasteiger partial charge < -0.3 is 15.1 Å². The Morgan fingerprint density at radius 3 is 2.32 bits per heavy atom. The van der Waals surface area contributed by atoms with Crippen molar-refractivity contribution in [3.05, 3.63) is 34.9 Å². The molecule has 5 nitrogen and oxygen atoms in total. The molecule has 0 unspecified atom stereocenters. The van der Waals surface area contributed by atoms with Crippen LogP contribution in [0.15, 0.2) is 18.2 Å². The van der Waals surface area contributed by atoms with Gasteiger partial charge in [-0.15, -0.1) is 0 Å². The fraction of sp³-hybridized carbons (Fsp3) is 0.696. The SMILES string of the molecule is CC[C@H](NC(=O)N1CCC(N2CCN(CC)CC2)CC1)c1ccc(C)cc1C. The van der Waals surface area contributed by atoms with Crippen molar-refractivity contribution in [2.45, 2.75) is 59.0 Å². The fourth-order valence-electron chi connectivity index (χ4n) is 4.74. The highest BCUT2D eigenvalue weighted by Crippen LogP contribution is 2.23.